The third-order valence-electron chi connectivity index (χ3n) is 3.02. The number of nitrogens with zero attached hydrogens (tertiary/aromatic N) is 2. The van der Waals surface area contributed by atoms with Crippen molar-refractivity contribution in [3.63, 3.8) is 0 Å². The Kier molecular flexibility index (Phi) is 4.75. The minimum Gasteiger partial charge on any atom is -0.324 e. The molecule has 0 radical (unpaired) electrons. The molecule has 0 aliphatic heterocycles. The van der Waals surface area contributed by atoms with Gasteiger partial charge in [-0.3, -0.25) is 4.68 Å². The number of nitrogens with two attached hydrogens (primary N) is 1. The first-order valence-corrected chi connectivity index (χ1v) is 6.59. The molecule has 0 spiro atoms. The molecule has 0 saturated carbocycles. The first kappa shape index (κ1) is 14.2. The lowest BCUT2D eigenvalue weighted by Crippen LogP contribution is -2.17. The van der Waals surface area contributed by atoms with E-state index in [-0.39, 0.29) is 6.04 Å². The van der Waals surface area contributed by atoms with Crippen molar-refractivity contribution in [1.29, 1.82) is 0 Å². The molecule has 0 aromatic carbocycles. The van der Waals surface area contributed by atoms with Crippen LogP contribution in [0.15, 0.2) is 12.4 Å². The van der Waals surface area contributed by atoms with Crippen LogP contribution in [0.1, 0.15) is 59.1 Å². The molecule has 0 amide bonds. The number of aromatic nitrogens is 2. The summed E-state index contributed by atoms with van der Waals surface area (Å²) in [6.07, 6.45) is 6.21. The van der Waals surface area contributed by atoms with E-state index in [1.807, 2.05) is 10.9 Å². The Balaban J connectivity index is 2.51. The summed E-state index contributed by atoms with van der Waals surface area (Å²) in [7, 11) is 0. The number of rotatable bonds is 5. The molecule has 3 heteroatoms. The van der Waals surface area contributed by atoms with Crippen molar-refractivity contribution >= 4 is 0 Å². The molecule has 0 aliphatic carbocycles. The summed E-state index contributed by atoms with van der Waals surface area (Å²) in [5.41, 5.74) is 7.77. The second-order valence-corrected chi connectivity index (χ2v) is 6.34. The fourth-order valence-corrected chi connectivity index (χ4v) is 2.44. The normalized spacial score (nSPS) is 15.9. The molecule has 1 heterocycles. The van der Waals surface area contributed by atoms with Crippen LogP contribution in [0.5, 0.6) is 0 Å². The van der Waals surface area contributed by atoms with E-state index >= 15 is 0 Å². The Morgan fingerprint density at radius 3 is 2.53 bits per heavy atom. The van der Waals surface area contributed by atoms with Crippen LogP contribution >= 0.6 is 0 Å². The molecule has 2 unspecified atom stereocenters. The Labute approximate surface area is 105 Å². The van der Waals surface area contributed by atoms with Crippen LogP contribution in [-0.2, 0) is 6.54 Å². The summed E-state index contributed by atoms with van der Waals surface area (Å²) in [4.78, 5) is 0. The van der Waals surface area contributed by atoms with Gasteiger partial charge in [-0.1, -0.05) is 27.7 Å². The first-order chi connectivity index (χ1) is 7.81. The van der Waals surface area contributed by atoms with Gasteiger partial charge in [-0.15, -0.1) is 0 Å². The van der Waals surface area contributed by atoms with Gasteiger partial charge in [0.1, 0.15) is 0 Å². The molecule has 0 bridgehead atoms. The van der Waals surface area contributed by atoms with Crippen LogP contribution in [0, 0.1) is 11.3 Å². The van der Waals surface area contributed by atoms with Gasteiger partial charge in [-0.2, -0.15) is 5.10 Å². The lowest BCUT2D eigenvalue weighted by Gasteiger charge is -2.24. The van der Waals surface area contributed by atoms with Gasteiger partial charge in [0.05, 0.1) is 6.20 Å². The fourth-order valence-electron chi connectivity index (χ4n) is 2.44. The summed E-state index contributed by atoms with van der Waals surface area (Å²) in [5.74, 6) is 0.648. The molecule has 2 atom stereocenters. The summed E-state index contributed by atoms with van der Waals surface area (Å²) >= 11 is 0. The summed E-state index contributed by atoms with van der Waals surface area (Å²) in [6, 6.07) is 0.118. The van der Waals surface area contributed by atoms with Gasteiger partial charge in [0, 0.05) is 24.3 Å². The molecule has 0 saturated heterocycles. The van der Waals surface area contributed by atoms with Crippen LogP contribution < -0.4 is 5.73 Å². The molecule has 3 nitrogen and oxygen atoms in total. The molecule has 0 aliphatic rings. The zero-order chi connectivity index (χ0) is 13.1. The molecular weight excluding hydrogens is 210 g/mol. The smallest absolute Gasteiger partial charge is 0.0537 e. The van der Waals surface area contributed by atoms with Gasteiger partial charge < -0.3 is 5.73 Å². The summed E-state index contributed by atoms with van der Waals surface area (Å²) < 4.78 is 1.93. The van der Waals surface area contributed by atoms with Gasteiger partial charge in [0.25, 0.3) is 0 Å². The largest absolute Gasteiger partial charge is 0.324 e. The highest BCUT2D eigenvalue weighted by Gasteiger charge is 2.18. The van der Waals surface area contributed by atoms with Crippen molar-refractivity contribution in [3.8, 4) is 0 Å². The highest BCUT2D eigenvalue weighted by molar-refractivity contribution is 5.09. The van der Waals surface area contributed by atoms with E-state index in [1.54, 1.807) is 0 Å². The quantitative estimate of drug-likeness (QED) is 0.853. The van der Waals surface area contributed by atoms with Crippen LogP contribution in [0.3, 0.4) is 0 Å². The average Bonchev–Trinajstić information content (AvgIpc) is 2.62. The maximum atomic E-state index is 6.23. The second-order valence-electron chi connectivity index (χ2n) is 6.34. The highest BCUT2D eigenvalue weighted by atomic mass is 15.3. The van der Waals surface area contributed by atoms with Gasteiger partial charge in [0.15, 0.2) is 0 Å². The molecule has 1 rings (SSSR count). The van der Waals surface area contributed by atoms with Crippen LogP contribution in [0.2, 0.25) is 0 Å². The molecule has 1 aromatic rings. The fraction of sp³-hybridized carbons (Fsp3) is 0.786. The van der Waals surface area contributed by atoms with Crippen molar-refractivity contribution in [2.45, 2.75) is 60.0 Å². The zero-order valence-electron chi connectivity index (χ0n) is 11.9. The van der Waals surface area contributed by atoms with Crippen molar-refractivity contribution in [2.24, 2.45) is 17.1 Å². The van der Waals surface area contributed by atoms with E-state index in [0.29, 0.717) is 11.3 Å². The SMILES string of the molecule is CCn1cc(C(N)CC(C)CC(C)(C)C)cn1. The van der Waals surface area contributed by atoms with Crippen LogP contribution in [-0.4, -0.2) is 9.78 Å². The number of hydrogen-bond acceptors (Lipinski definition) is 2. The van der Waals surface area contributed by atoms with Gasteiger partial charge >= 0.3 is 0 Å². The Bertz CT molecular complexity index is 335. The zero-order valence-corrected chi connectivity index (χ0v) is 11.9. The van der Waals surface area contributed by atoms with E-state index in [1.165, 1.54) is 6.42 Å². The minimum atomic E-state index is 0.118. The van der Waals surface area contributed by atoms with E-state index in [4.69, 9.17) is 5.73 Å². The Morgan fingerprint density at radius 2 is 2.06 bits per heavy atom. The first-order valence-electron chi connectivity index (χ1n) is 6.59. The maximum Gasteiger partial charge on any atom is 0.0537 e. The molecule has 2 N–H and O–H groups in total. The predicted octanol–water partition coefficient (Wildman–Crippen LogP) is 3.37. The van der Waals surface area contributed by atoms with Crippen LogP contribution in [0.25, 0.3) is 0 Å². The predicted molar refractivity (Wildman–Crippen MR) is 72.7 cm³/mol. The lowest BCUT2D eigenvalue weighted by atomic mass is 9.82. The van der Waals surface area contributed by atoms with E-state index in [2.05, 4.69) is 45.9 Å². The van der Waals surface area contributed by atoms with E-state index in [9.17, 15) is 0 Å². The van der Waals surface area contributed by atoms with Gasteiger partial charge in [-0.25, -0.2) is 0 Å². The standard InChI is InChI=1S/C14H27N3/c1-6-17-10-12(9-16-17)13(15)7-11(2)8-14(3,4)5/h9-11,13H,6-8,15H2,1-5H3. The summed E-state index contributed by atoms with van der Waals surface area (Å²) in [5, 5.41) is 4.27. The topological polar surface area (TPSA) is 43.8 Å². The van der Waals surface area contributed by atoms with E-state index < -0.39 is 0 Å². The minimum absolute atomic E-state index is 0.118. The molecule has 1 aromatic heterocycles. The Hall–Kier alpha value is -0.830. The monoisotopic (exact) mass is 237 g/mol. The molecule has 17 heavy (non-hydrogen) atoms. The molecular formula is C14H27N3. The summed E-state index contributed by atoms with van der Waals surface area (Å²) in [6.45, 7) is 12.1. The average molecular weight is 237 g/mol. The van der Waals surface area contributed by atoms with Gasteiger partial charge in [0.2, 0.25) is 0 Å². The lowest BCUT2D eigenvalue weighted by molar-refractivity contribution is 0.286. The third-order valence-corrected chi connectivity index (χ3v) is 3.02. The maximum absolute atomic E-state index is 6.23. The number of aryl methyl sites for hydroxylation is 1. The number of hydrogen-bond donors (Lipinski definition) is 1. The van der Waals surface area contributed by atoms with Crippen molar-refractivity contribution in [2.75, 3.05) is 0 Å². The highest BCUT2D eigenvalue weighted by Crippen LogP contribution is 2.29. The van der Waals surface area contributed by atoms with Crippen molar-refractivity contribution in [1.82, 2.24) is 9.78 Å². The molecule has 0 fully saturated rings. The molecule has 98 valence electrons. The van der Waals surface area contributed by atoms with Gasteiger partial charge in [-0.05, 0) is 31.1 Å². The Morgan fingerprint density at radius 1 is 1.41 bits per heavy atom. The second kappa shape index (κ2) is 5.67. The third kappa shape index (κ3) is 4.90. The van der Waals surface area contributed by atoms with Crippen LogP contribution in [0.4, 0.5) is 0 Å². The van der Waals surface area contributed by atoms with Crippen molar-refractivity contribution in [3.05, 3.63) is 18.0 Å². The van der Waals surface area contributed by atoms with Crippen molar-refractivity contribution < 1.29 is 0 Å². The van der Waals surface area contributed by atoms with E-state index in [0.717, 1.165) is 18.5 Å².